The van der Waals surface area contributed by atoms with Gasteiger partial charge in [0.2, 0.25) is 5.91 Å². The Morgan fingerprint density at radius 2 is 2.05 bits per heavy atom. The molecule has 0 aromatic heterocycles. The molecule has 2 aliphatic carbocycles. The molecule has 1 aliphatic heterocycles. The van der Waals surface area contributed by atoms with Crippen LogP contribution in [0.25, 0.3) is 0 Å². The predicted molar refractivity (Wildman–Crippen MR) is 73.7 cm³/mol. The van der Waals surface area contributed by atoms with Crippen molar-refractivity contribution < 1.29 is 9.90 Å². The number of aliphatic hydroxyl groups excluding tert-OH is 1. The summed E-state index contributed by atoms with van der Waals surface area (Å²) in [5, 5.41) is 12.5. The maximum absolute atomic E-state index is 12.0. The number of hydrogen-bond donors (Lipinski definition) is 2. The van der Waals surface area contributed by atoms with E-state index in [4.69, 9.17) is 0 Å². The van der Waals surface area contributed by atoms with Crippen LogP contribution in [0.3, 0.4) is 0 Å². The van der Waals surface area contributed by atoms with Crippen LogP contribution in [0.2, 0.25) is 0 Å². The summed E-state index contributed by atoms with van der Waals surface area (Å²) in [5.41, 5.74) is 0.451. The molecule has 3 aliphatic rings. The van der Waals surface area contributed by atoms with Gasteiger partial charge < -0.3 is 15.3 Å². The summed E-state index contributed by atoms with van der Waals surface area (Å²) in [7, 11) is 0. The number of likely N-dealkylation sites (tertiary alicyclic amines) is 1. The first-order valence-electron chi connectivity index (χ1n) is 7.88. The molecule has 1 spiro atoms. The van der Waals surface area contributed by atoms with E-state index in [0.29, 0.717) is 17.2 Å². The van der Waals surface area contributed by atoms with E-state index in [1.807, 2.05) is 0 Å². The number of hydrogen-bond acceptors (Lipinski definition) is 3. The fourth-order valence-corrected chi connectivity index (χ4v) is 3.68. The molecule has 0 aromatic carbocycles. The first kappa shape index (κ1) is 13.4. The van der Waals surface area contributed by atoms with Crippen molar-refractivity contribution in [3.63, 3.8) is 0 Å². The summed E-state index contributed by atoms with van der Waals surface area (Å²) in [4.78, 5) is 14.3. The lowest BCUT2D eigenvalue weighted by Gasteiger charge is -2.29. The third-order valence-electron chi connectivity index (χ3n) is 5.36. The molecule has 3 fully saturated rings. The van der Waals surface area contributed by atoms with Gasteiger partial charge in [0.1, 0.15) is 0 Å². The number of rotatable bonds is 5. The molecule has 0 unspecified atom stereocenters. The lowest BCUT2D eigenvalue weighted by molar-refractivity contribution is -0.123. The minimum Gasteiger partial charge on any atom is -0.393 e. The number of carbonyl (C=O) groups excluding carboxylic acids is 1. The molecule has 1 amide bonds. The van der Waals surface area contributed by atoms with Crippen LogP contribution >= 0.6 is 0 Å². The van der Waals surface area contributed by atoms with E-state index in [0.717, 1.165) is 51.9 Å². The van der Waals surface area contributed by atoms with Gasteiger partial charge in [0.25, 0.3) is 0 Å². The second-order valence-corrected chi connectivity index (χ2v) is 6.69. The number of nitrogens with zero attached hydrogens (tertiary/aromatic N) is 1. The Morgan fingerprint density at radius 1 is 1.32 bits per heavy atom. The van der Waals surface area contributed by atoms with Crippen molar-refractivity contribution in [2.75, 3.05) is 26.2 Å². The third-order valence-corrected chi connectivity index (χ3v) is 5.36. The van der Waals surface area contributed by atoms with Gasteiger partial charge in [0, 0.05) is 25.6 Å². The molecule has 1 saturated heterocycles. The summed E-state index contributed by atoms with van der Waals surface area (Å²) < 4.78 is 0. The molecule has 4 nitrogen and oxygen atoms in total. The Morgan fingerprint density at radius 3 is 2.63 bits per heavy atom. The number of amides is 1. The SMILES string of the molecule is O=C(NCCCN1CCC(O)CC1)[C@@H]1CC12CCC2. The lowest BCUT2D eigenvalue weighted by atomic mass is 9.80. The van der Waals surface area contributed by atoms with E-state index in [-0.39, 0.29) is 6.10 Å². The fourth-order valence-electron chi connectivity index (χ4n) is 3.68. The second kappa shape index (κ2) is 5.41. The van der Waals surface area contributed by atoms with Gasteiger partial charge in [0.15, 0.2) is 0 Å². The molecule has 4 heteroatoms. The highest BCUT2D eigenvalue weighted by Gasteiger charge is 2.60. The Balaban J connectivity index is 1.26. The molecule has 1 heterocycles. The molecule has 19 heavy (non-hydrogen) atoms. The van der Waals surface area contributed by atoms with Crippen LogP contribution in [0.5, 0.6) is 0 Å². The molecule has 0 aromatic rings. The molecular weight excluding hydrogens is 240 g/mol. The molecule has 0 radical (unpaired) electrons. The van der Waals surface area contributed by atoms with Gasteiger partial charge in [-0.3, -0.25) is 4.79 Å². The van der Waals surface area contributed by atoms with Gasteiger partial charge in [-0.05, 0) is 50.5 Å². The van der Waals surface area contributed by atoms with Crippen LogP contribution in [-0.2, 0) is 4.79 Å². The summed E-state index contributed by atoms with van der Waals surface area (Å²) in [6.45, 7) is 3.86. The van der Waals surface area contributed by atoms with Crippen LogP contribution < -0.4 is 5.32 Å². The summed E-state index contributed by atoms with van der Waals surface area (Å²) in [5.74, 6) is 0.639. The van der Waals surface area contributed by atoms with Crippen LogP contribution in [0.1, 0.15) is 44.9 Å². The molecule has 3 rings (SSSR count). The second-order valence-electron chi connectivity index (χ2n) is 6.69. The quantitative estimate of drug-likeness (QED) is 0.734. The largest absolute Gasteiger partial charge is 0.393 e. The molecule has 108 valence electrons. The highest BCUT2D eigenvalue weighted by Crippen LogP contribution is 2.65. The zero-order valence-corrected chi connectivity index (χ0v) is 11.7. The number of aliphatic hydroxyl groups is 1. The molecule has 2 N–H and O–H groups in total. The van der Waals surface area contributed by atoms with Crippen molar-refractivity contribution in [3.8, 4) is 0 Å². The summed E-state index contributed by atoms with van der Waals surface area (Å²) in [6, 6.07) is 0. The standard InChI is InChI=1S/C15H26N2O2/c18-12-3-9-17(10-4-12)8-2-7-16-14(19)13-11-15(13)5-1-6-15/h12-13,18H,1-11H2,(H,16,19)/t13-/m0/s1. The van der Waals surface area contributed by atoms with Crippen LogP contribution in [0, 0.1) is 11.3 Å². The summed E-state index contributed by atoms with van der Waals surface area (Å²) >= 11 is 0. The van der Waals surface area contributed by atoms with Crippen LogP contribution in [0.4, 0.5) is 0 Å². The van der Waals surface area contributed by atoms with Gasteiger partial charge in [-0.2, -0.15) is 0 Å². The van der Waals surface area contributed by atoms with E-state index >= 15 is 0 Å². The van der Waals surface area contributed by atoms with Crippen LogP contribution in [0.15, 0.2) is 0 Å². The van der Waals surface area contributed by atoms with Crippen molar-refractivity contribution in [2.24, 2.45) is 11.3 Å². The minimum absolute atomic E-state index is 0.0931. The third kappa shape index (κ3) is 2.95. The number of piperidine rings is 1. The zero-order chi connectivity index (χ0) is 13.3. The van der Waals surface area contributed by atoms with E-state index in [2.05, 4.69) is 10.2 Å². The number of nitrogens with one attached hydrogen (secondary N) is 1. The highest BCUT2D eigenvalue weighted by molar-refractivity contribution is 5.82. The zero-order valence-electron chi connectivity index (χ0n) is 11.7. The normalized spacial score (nSPS) is 30.1. The Labute approximate surface area is 115 Å². The molecular formula is C15H26N2O2. The maximum Gasteiger partial charge on any atom is 0.223 e. The summed E-state index contributed by atoms with van der Waals surface area (Å²) in [6.07, 6.45) is 7.76. The predicted octanol–water partition coefficient (Wildman–Crippen LogP) is 1.14. The van der Waals surface area contributed by atoms with Crippen molar-refractivity contribution >= 4 is 5.91 Å². The molecule has 1 atom stereocenters. The first-order valence-corrected chi connectivity index (χ1v) is 7.88. The smallest absolute Gasteiger partial charge is 0.223 e. The van der Waals surface area contributed by atoms with E-state index in [1.54, 1.807) is 0 Å². The Hall–Kier alpha value is -0.610. The van der Waals surface area contributed by atoms with Crippen LogP contribution in [-0.4, -0.2) is 48.2 Å². The Kier molecular flexibility index (Phi) is 3.81. The Bertz CT molecular complexity index is 333. The van der Waals surface area contributed by atoms with Crippen molar-refractivity contribution in [1.29, 1.82) is 0 Å². The highest BCUT2D eigenvalue weighted by atomic mass is 16.3. The lowest BCUT2D eigenvalue weighted by Crippen LogP contribution is -2.38. The van der Waals surface area contributed by atoms with Gasteiger partial charge in [-0.25, -0.2) is 0 Å². The van der Waals surface area contributed by atoms with Gasteiger partial charge in [-0.15, -0.1) is 0 Å². The fraction of sp³-hybridized carbons (Fsp3) is 0.933. The van der Waals surface area contributed by atoms with Gasteiger partial charge in [-0.1, -0.05) is 6.42 Å². The first-order chi connectivity index (χ1) is 9.20. The topological polar surface area (TPSA) is 52.6 Å². The van der Waals surface area contributed by atoms with E-state index in [1.165, 1.54) is 19.3 Å². The number of carbonyl (C=O) groups is 1. The molecule has 0 bridgehead atoms. The molecule has 2 saturated carbocycles. The van der Waals surface area contributed by atoms with Crippen molar-refractivity contribution in [2.45, 2.75) is 51.0 Å². The van der Waals surface area contributed by atoms with Gasteiger partial charge in [0.05, 0.1) is 6.10 Å². The van der Waals surface area contributed by atoms with E-state index in [9.17, 15) is 9.90 Å². The minimum atomic E-state index is -0.0931. The monoisotopic (exact) mass is 266 g/mol. The van der Waals surface area contributed by atoms with Crippen molar-refractivity contribution in [1.82, 2.24) is 10.2 Å². The maximum atomic E-state index is 12.0. The average Bonchev–Trinajstić information content (AvgIpc) is 3.12. The average molecular weight is 266 g/mol. The van der Waals surface area contributed by atoms with Gasteiger partial charge >= 0.3 is 0 Å². The van der Waals surface area contributed by atoms with Crippen molar-refractivity contribution in [3.05, 3.63) is 0 Å². The van der Waals surface area contributed by atoms with E-state index < -0.39 is 0 Å².